The lowest BCUT2D eigenvalue weighted by Gasteiger charge is -2.14. The number of hydrogen-bond donors (Lipinski definition) is 3. The number of aromatic nitrogens is 3. The van der Waals surface area contributed by atoms with Crippen LogP contribution in [0.3, 0.4) is 0 Å². The standard InChI is InChI=1S/C30H26F2N4O3S2/c1-41(33,39)23-11-10-20(25(32)15-23)14-24-27(21-6-2-4-18(12-21)19-5-3-7-22(31)13-19)35-36(28(24)17-8-9-17)30-34-26(16-40-30)29(37)38/h2-7,10-13,15-17,41H,8-9,14H2,1H3,(H2,33,39)(H,37,38). The first kappa shape index (κ1) is 27.1. The van der Waals surface area contributed by atoms with Crippen LogP contribution in [0.25, 0.3) is 27.5 Å². The number of carboxylic acids is 1. The molecule has 3 N–H and O–H groups in total. The van der Waals surface area contributed by atoms with Gasteiger partial charge in [-0.05, 0) is 70.0 Å². The van der Waals surface area contributed by atoms with Crippen molar-refractivity contribution >= 4 is 27.4 Å². The number of thiazole rings is 1. The Labute approximate surface area is 239 Å². The highest BCUT2D eigenvalue weighted by Gasteiger charge is 2.34. The third-order valence-corrected chi connectivity index (χ3v) is 9.21. The smallest absolute Gasteiger partial charge is 0.355 e. The zero-order valence-electron chi connectivity index (χ0n) is 21.9. The Bertz CT molecular complexity index is 1860. The van der Waals surface area contributed by atoms with Gasteiger partial charge in [-0.2, -0.15) is 5.10 Å². The van der Waals surface area contributed by atoms with Crippen LogP contribution in [0.15, 0.2) is 77.0 Å². The molecular formula is C30H26F2N4O3S2. The molecule has 0 aliphatic heterocycles. The summed E-state index contributed by atoms with van der Waals surface area (Å²) in [5.41, 5.74) is 4.78. The van der Waals surface area contributed by atoms with Crippen molar-refractivity contribution in [2.45, 2.75) is 30.1 Å². The van der Waals surface area contributed by atoms with E-state index in [1.165, 1.54) is 41.2 Å². The number of halogens is 2. The normalized spacial score (nSPS) is 13.9. The van der Waals surface area contributed by atoms with E-state index in [0.717, 1.165) is 35.2 Å². The van der Waals surface area contributed by atoms with Crippen molar-refractivity contribution in [3.8, 4) is 27.5 Å². The molecule has 11 heteroatoms. The van der Waals surface area contributed by atoms with E-state index in [0.29, 0.717) is 22.0 Å². The second kappa shape index (κ2) is 10.4. The fourth-order valence-corrected chi connectivity index (χ4v) is 6.41. The molecule has 0 unspecified atom stereocenters. The second-order valence-corrected chi connectivity index (χ2v) is 13.6. The number of thiol groups is 1. The maximum absolute atomic E-state index is 15.4. The molecule has 5 aromatic rings. The molecule has 0 bridgehead atoms. The van der Waals surface area contributed by atoms with Crippen LogP contribution in [0, 0.1) is 11.6 Å². The summed E-state index contributed by atoms with van der Waals surface area (Å²) < 4.78 is 43.4. The number of nitrogens with zero attached hydrogens (tertiary/aromatic N) is 3. The van der Waals surface area contributed by atoms with Crippen molar-refractivity contribution in [3.63, 3.8) is 0 Å². The summed E-state index contributed by atoms with van der Waals surface area (Å²) in [4.78, 5) is 16.1. The van der Waals surface area contributed by atoms with Gasteiger partial charge >= 0.3 is 5.97 Å². The van der Waals surface area contributed by atoms with E-state index in [2.05, 4.69) is 4.98 Å². The molecule has 6 rings (SSSR count). The molecule has 0 spiro atoms. The molecular weight excluding hydrogens is 566 g/mol. The first-order valence-corrected chi connectivity index (χ1v) is 16.0. The molecule has 7 nitrogen and oxygen atoms in total. The third kappa shape index (κ3) is 5.48. The quantitative estimate of drug-likeness (QED) is 0.192. The van der Waals surface area contributed by atoms with Gasteiger partial charge in [0.25, 0.3) is 0 Å². The minimum absolute atomic E-state index is 0.0779. The minimum Gasteiger partial charge on any atom is -0.476 e. The Hall–Kier alpha value is -4.06. The topological polar surface area (TPSA) is 111 Å². The third-order valence-electron chi connectivity index (χ3n) is 7.09. The number of nitrogens with two attached hydrogens (primary N) is 1. The number of carbonyl (C=O) groups is 1. The van der Waals surface area contributed by atoms with E-state index in [4.69, 9.17) is 10.2 Å². The van der Waals surface area contributed by atoms with Crippen LogP contribution in [0.2, 0.25) is 0 Å². The fraction of sp³-hybridized carbons (Fsp3) is 0.167. The molecule has 1 aliphatic rings. The highest BCUT2D eigenvalue weighted by molar-refractivity contribution is 8.00. The van der Waals surface area contributed by atoms with Crippen LogP contribution in [0.5, 0.6) is 0 Å². The Morgan fingerprint density at radius 1 is 1.07 bits per heavy atom. The van der Waals surface area contributed by atoms with E-state index >= 15 is 4.39 Å². The van der Waals surface area contributed by atoms with Gasteiger partial charge in [0.2, 0.25) is 5.13 Å². The summed E-state index contributed by atoms with van der Waals surface area (Å²) >= 11 is 1.17. The number of carboxylic acid groups (broad SMARTS) is 1. The van der Waals surface area contributed by atoms with Crippen LogP contribution < -0.4 is 5.14 Å². The summed E-state index contributed by atoms with van der Waals surface area (Å²) in [6, 6.07) is 18.3. The van der Waals surface area contributed by atoms with Gasteiger partial charge < -0.3 is 5.11 Å². The van der Waals surface area contributed by atoms with Crippen LogP contribution in [0.1, 0.15) is 46.1 Å². The summed E-state index contributed by atoms with van der Waals surface area (Å²) in [6.45, 7) is 0. The molecule has 2 heterocycles. The maximum Gasteiger partial charge on any atom is 0.355 e. The maximum atomic E-state index is 15.4. The van der Waals surface area contributed by atoms with E-state index in [9.17, 15) is 18.5 Å². The number of benzene rings is 3. The zero-order chi connectivity index (χ0) is 28.9. The van der Waals surface area contributed by atoms with Crippen LogP contribution in [0.4, 0.5) is 8.78 Å². The molecule has 210 valence electrons. The minimum atomic E-state index is -3.14. The van der Waals surface area contributed by atoms with Gasteiger partial charge in [0.15, 0.2) is 5.69 Å². The van der Waals surface area contributed by atoms with Crippen LogP contribution >= 0.6 is 11.3 Å². The van der Waals surface area contributed by atoms with Crippen molar-refractivity contribution in [3.05, 3.63) is 106 Å². The van der Waals surface area contributed by atoms with E-state index in [1.54, 1.807) is 22.9 Å². The Morgan fingerprint density at radius 2 is 1.78 bits per heavy atom. The monoisotopic (exact) mass is 592 g/mol. The first-order valence-electron chi connectivity index (χ1n) is 12.9. The van der Waals surface area contributed by atoms with Gasteiger partial charge in [-0.3, -0.25) is 9.35 Å². The second-order valence-electron chi connectivity index (χ2n) is 10.3. The Balaban J connectivity index is 1.53. The molecule has 0 radical (unpaired) electrons. The highest BCUT2D eigenvalue weighted by Crippen LogP contribution is 2.46. The van der Waals surface area contributed by atoms with Crippen molar-refractivity contribution in [1.82, 2.24) is 14.8 Å². The summed E-state index contributed by atoms with van der Waals surface area (Å²) in [5.74, 6) is -1.85. The average Bonchev–Trinajstić information content (AvgIpc) is 3.51. The molecule has 0 amide bonds. The van der Waals surface area contributed by atoms with Crippen LogP contribution in [-0.2, 0) is 16.5 Å². The van der Waals surface area contributed by atoms with Gasteiger partial charge in [-0.1, -0.05) is 36.4 Å². The summed E-state index contributed by atoms with van der Waals surface area (Å²) in [7, 11) is -3.14. The van der Waals surface area contributed by atoms with E-state index in [1.807, 2.05) is 30.3 Å². The largest absolute Gasteiger partial charge is 0.476 e. The van der Waals surface area contributed by atoms with E-state index in [-0.39, 0.29) is 28.7 Å². The molecule has 1 fully saturated rings. The van der Waals surface area contributed by atoms with Crippen molar-refractivity contribution in [2.75, 3.05) is 6.26 Å². The predicted molar refractivity (Wildman–Crippen MR) is 156 cm³/mol. The molecule has 2 aromatic heterocycles. The van der Waals surface area contributed by atoms with Crippen molar-refractivity contribution in [2.24, 2.45) is 5.14 Å². The average molecular weight is 593 g/mol. The number of rotatable bonds is 8. The fourth-order valence-electron chi connectivity index (χ4n) is 4.91. The molecule has 3 aromatic carbocycles. The molecule has 41 heavy (non-hydrogen) atoms. The predicted octanol–water partition coefficient (Wildman–Crippen LogP) is 5.99. The number of aromatic carboxylic acids is 1. The lowest BCUT2D eigenvalue weighted by atomic mass is 9.95. The molecule has 1 saturated carbocycles. The Kier molecular flexibility index (Phi) is 6.88. The zero-order valence-corrected chi connectivity index (χ0v) is 23.6. The van der Waals surface area contributed by atoms with Gasteiger partial charge in [0.1, 0.15) is 11.6 Å². The Morgan fingerprint density at radius 3 is 2.41 bits per heavy atom. The molecule has 1 aliphatic carbocycles. The van der Waals surface area contributed by atoms with Gasteiger partial charge in [0.05, 0.1) is 11.4 Å². The molecule has 0 saturated heterocycles. The van der Waals surface area contributed by atoms with Gasteiger partial charge in [0, 0.05) is 40.0 Å². The lowest BCUT2D eigenvalue weighted by Crippen LogP contribution is -2.21. The first-order chi connectivity index (χ1) is 19.6. The van der Waals surface area contributed by atoms with Crippen molar-refractivity contribution < 1.29 is 22.9 Å². The van der Waals surface area contributed by atoms with Crippen LogP contribution in [-0.4, -0.2) is 36.3 Å². The van der Waals surface area contributed by atoms with E-state index < -0.39 is 21.9 Å². The summed E-state index contributed by atoms with van der Waals surface area (Å²) in [5, 5.41) is 22.0. The van der Waals surface area contributed by atoms with Crippen molar-refractivity contribution in [1.29, 1.82) is 0 Å². The van der Waals surface area contributed by atoms with Gasteiger partial charge in [-0.15, -0.1) is 11.3 Å². The molecule has 0 atom stereocenters. The lowest BCUT2D eigenvalue weighted by molar-refractivity contribution is 0.0691. The number of hydrogen-bond acceptors (Lipinski definition) is 5. The summed E-state index contributed by atoms with van der Waals surface area (Å²) in [6.07, 6.45) is 3.39. The van der Waals surface area contributed by atoms with Gasteiger partial charge in [-0.25, -0.2) is 23.2 Å². The highest BCUT2D eigenvalue weighted by atomic mass is 32.3. The SMILES string of the molecule is C[SH](N)(=O)c1ccc(Cc2c(-c3cccc(-c4cccc(F)c4)c3)nn(-c3nc(C(=O)O)cs3)c2C2CC2)c(F)c1.